The third kappa shape index (κ3) is 4.21. The van der Waals surface area contributed by atoms with Gasteiger partial charge in [0, 0.05) is 28.8 Å². The van der Waals surface area contributed by atoms with Crippen molar-refractivity contribution in [1.29, 1.82) is 0 Å². The van der Waals surface area contributed by atoms with E-state index in [1.807, 2.05) is 25.1 Å². The average molecular weight is 429 g/mol. The van der Waals surface area contributed by atoms with E-state index in [0.717, 1.165) is 38.7 Å². The van der Waals surface area contributed by atoms with Gasteiger partial charge in [0.15, 0.2) is 0 Å². The van der Waals surface area contributed by atoms with Crippen LogP contribution in [-0.4, -0.2) is 43.7 Å². The summed E-state index contributed by atoms with van der Waals surface area (Å²) in [6, 6.07) is 10.8. The molecule has 0 radical (unpaired) electrons. The zero-order valence-corrected chi connectivity index (χ0v) is 16.9. The number of hydrogen-bond acceptors (Lipinski definition) is 4. The fourth-order valence-electron chi connectivity index (χ4n) is 2.72. The van der Waals surface area contributed by atoms with Crippen LogP contribution < -0.4 is 0 Å². The van der Waals surface area contributed by atoms with Crippen LogP contribution in [0.2, 0.25) is 0 Å². The zero-order valence-electron chi connectivity index (χ0n) is 15.3. The van der Waals surface area contributed by atoms with E-state index in [1.54, 1.807) is 18.2 Å². The molecule has 150 valence electrons. The first-order chi connectivity index (χ1) is 13.1. The van der Waals surface area contributed by atoms with E-state index >= 15 is 0 Å². The molecule has 1 heterocycles. The molecular formula is C19H19F3N2O2S2. The molecular weight excluding hydrogens is 409 g/mol. The molecule has 0 N–H and O–H groups in total. The quantitative estimate of drug-likeness (QED) is 0.540. The first-order valence-electron chi connectivity index (χ1n) is 8.41. The van der Waals surface area contributed by atoms with Crippen LogP contribution in [0, 0.1) is 0 Å². The molecule has 0 bridgehead atoms. The first-order valence-corrected chi connectivity index (χ1v) is 10.8. The Morgan fingerprint density at radius 2 is 1.79 bits per heavy atom. The van der Waals surface area contributed by atoms with Crippen molar-refractivity contribution in [3.05, 3.63) is 60.3 Å². The van der Waals surface area contributed by atoms with E-state index in [4.69, 9.17) is 0 Å². The molecule has 4 nitrogen and oxygen atoms in total. The molecule has 0 aliphatic heterocycles. The monoisotopic (exact) mass is 428 g/mol. The number of aromatic nitrogens is 1. The normalized spacial score (nSPS) is 12.8. The standard InChI is InChI=1S/C19H19F3N2O2S2/c1-23(2)10-11-27-18-13-24(17-9-4-3-8-16(17)18)28(25,26)15-7-5-6-14(12-15)19(20,21)22/h3-9,12-13H,10-11H2,1-2H3. The molecule has 0 saturated carbocycles. The SMILES string of the molecule is CN(C)CCSc1cn(S(=O)(=O)c2cccc(C(F)(F)F)c2)c2ccccc12. The highest BCUT2D eigenvalue weighted by molar-refractivity contribution is 7.99. The third-order valence-electron chi connectivity index (χ3n) is 4.16. The van der Waals surface area contributed by atoms with E-state index in [9.17, 15) is 21.6 Å². The number of halogens is 3. The molecule has 0 spiro atoms. The molecule has 1 aromatic heterocycles. The highest BCUT2D eigenvalue weighted by Gasteiger charge is 2.32. The molecule has 0 aliphatic carbocycles. The fourth-order valence-corrected chi connectivity index (χ4v) is 5.39. The summed E-state index contributed by atoms with van der Waals surface area (Å²) in [6.45, 7) is 0.810. The predicted octanol–water partition coefficient (Wildman–Crippen LogP) is 4.55. The Bertz CT molecular complexity index is 1090. The molecule has 2 aromatic carbocycles. The van der Waals surface area contributed by atoms with Crippen molar-refractivity contribution in [2.24, 2.45) is 0 Å². The van der Waals surface area contributed by atoms with Crippen molar-refractivity contribution in [3.8, 4) is 0 Å². The van der Waals surface area contributed by atoms with Crippen LogP contribution in [0.25, 0.3) is 10.9 Å². The van der Waals surface area contributed by atoms with Gasteiger partial charge in [0.05, 0.1) is 16.0 Å². The summed E-state index contributed by atoms with van der Waals surface area (Å²) >= 11 is 1.51. The number of fused-ring (bicyclic) bond motifs is 1. The lowest BCUT2D eigenvalue weighted by Crippen LogP contribution is -2.14. The summed E-state index contributed by atoms with van der Waals surface area (Å²) in [4.78, 5) is 2.40. The number of alkyl halides is 3. The second-order valence-corrected chi connectivity index (χ2v) is 9.44. The van der Waals surface area contributed by atoms with E-state index in [-0.39, 0.29) is 0 Å². The average Bonchev–Trinajstić information content (AvgIpc) is 3.01. The fraction of sp³-hybridized carbons (Fsp3) is 0.263. The maximum absolute atomic E-state index is 13.1. The predicted molar refractivity (Wildman–Crippen MR) is 105 cm³/mol. The number of benzene rings is 2. The Morgan fingerprint density at radius 1 is 1.07 bits per heavy atom. The molecule has 3 aromatic rings. The molecule has 3 rings (SSSR count). The summed E-state index contributed by atoms with van der Waals surface area (Å²) in [5, 5.41) is 0.752. The minimum Gasteiger partial charge on any atom is -0.309 e. The number of thioether (sulfide) groups is 1. The Balaban J connectivity index is 2.08. The van der Waals surface area contributed by atoms with Gasteiger partial charge in [-0.25, -0.2) is 12.4 Å². The summed E-state index contributed by atoms with van der Waals surface area (Å²) in [6.07, 6.45) is -3.13. The van der Waals surface area contributed by atoms with Gasteiger partial charge >= 0.3 is 6.18 Å². The lowest BCUT2D eigenvalue weighted by Gasteiger charge is -2.11. The highest BCUT2D eigenvalue weighted by Crippen LogP contribution is 2.34. The van der Waals surface area contributed by atoms with Crippen LogP contribution in [0.4, 0.5) is 13.2 Å². The minimum absolute atomic E-state index is 0.395. The van der Waals surface area contributed by atoms with Gasteiger partial charge in [-0.2, -0.15) is 13.2 Å². The molecule has 0 amide bonds. The summed E-state index contributed by atoms with van der Waals surface area (Å²) < 4.78 is 66.3. The van der Waals surface area contributed by atoms with Crippen LogP contribution in [0.15, 0.2) is 64.5 Å². The van der Waals surface area contributed by atoms with Gasteiger partial charge in [0.1, 0.15) is 0 Å². The van der Waals surface area contributed by atoms with Crippen molar-refractivity contribution in [2.75, 3.05) is 26.4 Å². The summed E-state index contributed by atoms with van der Waals surface area (Å²) in [5.74, 6) is 0.755. The van der Waals surface area contributed by atoms with Crippen molar-refractivity contribution in [2.45, 2.75) is 16.0 Å². The first kappa shape index (κ1) is 20.8. The number of rotatable bonds is 6. The molecule has 0 atom stereocenters. The summed E-state index contributed by atoms with van der Waals surface area (Å²) in [7, 11) is -0.283. The Hall–Kier alpha value is -1.97. The largest absolute Gasteiger partial charge is 0.416 e. The zero-order chi connectivity index (χ0) is 20.5. The van der Waals surface area contributed by atoms with Crippen molar-refractivity contribution in [3.63, 3.8) is 0 Å². The lowest BCUT2D eigenvalue weighted by molar-refractivity contribution is -0.137. The van der Waals surface area contributed by atoms with Crippen molar-refractivity contribution < 1.29 is 21.6 Å². The molecule has 0 fully saturated rings. The molecule has 0 unspecified atom stereocenters. The van der Waals surface area contributed by atoms with Crippen LogP contribution >= 0.6 is 11.8 Å². The van der Waals surface area contributed by atoms with Crippen LogP contribution in [0.5, 0.6) is 0 Å². The van der Waals surface area contributed by atoms with E-state index in [1.165, 1.54) is 24.0 Å². The van der Waals surface area contributed by atoms with Crippen LogP contribution in [0.3, 0.4) is 0 Å². The Kier molecular flexibility index (Phi) is 5.79. The number of hydrogen-bond donors (Lipinski definition) is 0. The number of para-hydroxylation sites is 1. The van der Waals surface area contributed by atoms with E-state index < -0.39 is 26.7 Å². The Labute approximate surface area is 166 Å². The van der Waals surface area contributed by atoms with E-state index in [0.29, 0.717) is 11.6 Å². The maximum Gasteiger partial charge on any atom is 0.416 e. The minimum atomic E-state index is -4.61. The van der Waals surface area contributed by atoms with Gasteiger partial charge in [0.25, 0.3) is 10.0 Å². The van der Waals surface area contributed by atoms with Gasteiger partial charge < -0.3 is 4.90 Å². The van der Waals surface area contributed by atoms with Gasteiger partial charge in [0.2, 0.25) is 0 Å². The second-order valence-electron chi connectivity index (χ2n) is 6.49. The molecule has 0 aliphatic rings. The summed E-state index contributed by atoms with van der Waals surface area (Å²) in [5.41, 5.74) is -0.558. The molecule has 9 heteroatoms. The van der Waals surface area contributed by atoms with Crippen LogP contribution in [0.1, 0.15) is 5.56 Å². The van der Waals surface area contributed by atoms with Gasteiger partial charge in [-0.05, 0) is 38.4 Å². The van der Waals surface area contributed by atoms with Crippen molar-refractivity contribution in [1.82, 2.24) is 8.87 Å². The van der Waals surface area contributed by atoms with Crippen LogP contribution in [-0.2, 0) is 16.2 Å². The Morgan fingerprint density at radius 3 is 2.46 bits per heavy atom. The third-order valence-corrected chi connectivity index (χ3v) is 6.85. The highest BCUT2D eigenvalue weighted by atomic mass is 32.2. The smallest absolute Gasteiger partial charge is 0.309 e. The lowest BCUT2D eigenvalue weighted by atomic mass is 10.2. The van der Waals surface area contributed by atoms with Gasteiger partial charge in [-0.1, -0.05) is 24.3 Å². The van der Waals surface area contributed by atoms with Gasteiger partial charge in [-0.3, -0.25) is 0 Å². The molecule has 0 saturated heterocycles. The second kappa shape index (κ2) is 7.81. The van der Waals surface area contributed by atoms with E-state index in [2.05, 4.69) is 0 Å². The maximum atomic E-state index is 13.1. The van der Waals surface area contributed by atoms with Crippen molar-refractivity contribution >= 4 is 32.7 Å². The topological polar surface area (TPSA) is 42.3 Å². The van der Waals surface area contributed by atoms with Gasteiger partial charge in [-0.15, -0.1) is 11.8 Å². The molecule has 28 heavy (non-hydrogen) atoms. The number of nitrogens with zero attached hydrogens (tertiary/aromatic N) is 2.